The fourth-order valence-corrected chi connectivity index (χ4v) is 3.06. The summed E-state index contributed by atoms with van der Waals surface area (Å²) in [6, 6.07) is 9.88. The molecule has 0 spiro atoms. The van der Waals surface area contributed by atoms with E-state index in [1.165, 1.54) is 0 Å². The summed E-state index contributed by atoms with van der Waals surface area (Å²) in [6.45, 7) is 3.48. The van der Waals surface area contributed by atoms with Crippen molar-refractivity contribution in [1.82, 2.24) is 9.78 Å². The van der Waals surface area contributed by atoms with Crippen LogP contribution in [0.2, 0.25) is 0 Å². The van der Waals surface area contributed by atoms with Crippen LogP contribution in [0.15, 0.2) is 30.3 Å². The van der Waals surface area contributed by atoms with Crippen LogP contribution in [0.25, 0.3) is 0 Å². The summed E-state index contributed by atoms with van der Waals surface area (Å²) in [7, 11) is 1.94. The number of fused-ring (bicyclic) bond motifs is 1. The van der Waals surface area contributed by atoms with Crippen molar-refractivity contribution in [2.75, 3.05) is 11.4 Å². The van der Waals surface area contributed by atoms with E-state index in [0.29, 0.717) is 6.42 Å². The number of carbonyl (C=O) groups is 1. The molecule has 0 saturated heterocycles. The Hall–Kier alpha value is -2.30. The summed E-state index contributed by atoms with van der Waals surface area (Å²) in [5.41, 5.74) is 4.07. The standard InChI is InChI=1S/C16H19N3O2/c1-11-9-12(18(2)17-11)10-19-8-7-14(16(20)21)13-5-3-4-6-15(13)19/h3-6,9,14H,7-8,10H2,1-2H3,(H,20,21). The van der Waals surface area contributed by atoms with Crippen LogP contribution < -0.4 is 4.90 Å². The van der Waals surface area contributed by atoms with Crippen LogP contribution in [-0.4, -0.2) is 27.4 Å². The number of aryl methyl sites for hydroxylation is 2. The van der Waals surface area contributed by atoms with Crippen molar-refractivity contribution in [2.24, 2.45) is 7.05 Å². The normalized spacial score (nSPS) is 17.6. The minimum atomic E-state index is -0.738. The molecule has 1 unspecified atom stereocenters. The largest absolute Gasteiger partial charge is 0.481 e. The highest BCUT2D eigenvalue weighted by atomic mass is 16.4. The van der Waals surface area contributed by atoms with Crippen molar-refractivity contribution >= 4 is 11.7 Å². The first-order valence-corrected chi connectivity index (χ1v) is 7.12. The molecule has 0 amide bonds. The molecule has 2 aromatic rings. The van der Waals surface area contributed by atoms with Gasteiger partial charge in [0.1, 0.15) is 0 Å². The van der Waals surface area contributed by atoms with Gasteiger partial charge < -0.3 is 10.0 Å². The molecule has 0 fully saturated rings. The molecule has 0 aliphatic carbocycles. The molecule has 0 radical (unpaired) electrons. The second kappa shape index (κ2) is 5.24. The molecule has 2 heterocycles. The maximum absolute atomic E-state index is 11.4. The van der Waals surface area contributed by atoms with Crippen LogP contribution in [0.1, 0.15) is 29.3 Å². The van der Waals surface area contributed by atoms with E-state index in [0.717, 1.165) is 35.7 Å². The first kappa shape index (κ1) is 13.7. The molecule has 110 valence electrons. The van der Waals surface area contributed by atoms with Crippen LogP contribution in [0.4, 0.5) is 5.69 Å². The molecule has 5 nitrogen and oxygen atoms in total. The Morgan fingerprint density at radius 1 is 1.43 bits per heavy atom. The van der Waals surface area contributed by atoms with E-state index in [1.807, 2.05) is 42.9 Å². The monoisotopic (exact) mass is 285 g/mol. The number of aliphatic carboxylic acids is 1. The van der Waals surface area contributed by atoms with Crippen molar-refractivity contribution in [2.45, 2.75) is 25.8 Å². The second-order valence-electron chi connectivity index (χ2n) is 5.56. The van der Waals surface area contributed by atoms with Crippen molar-refractivity contribution in [3.05, 3.63) is 47.3 Å². The Morgan fingerprint density at radius 2 is 2.19 bits per heavy atom. The molecule has 0 saturated carbocycles. The van der Waals surface area contributed by atoms with Crippen molar-refractivity contribution in [3.8, 4) is 0 Å². The minimum Gasteiger partial charge on any atom is -0.481 e. The first-order valence-electron chi connectivity index (χ1n) is 7.12. The summed E-state index contributed by atoms with van der Waals surface area (Å²) in [6.07, 6.45) is 0.642. The van der Waals surface area contributed by atoms with Crippen LogP contribution in [-0.2, 0) is 18.4 Å². The molecule has 3 rings (SSSR count). The summed E-state index contributed by atoms with van der Waals surface area (Å²) in [5, 5.41) is 13.7. The first-order chi connectivity index (χ1) is 10.1. The lowest BCUT2D eigenvalue weighted by molar-refractivity contribution is -0.139. The zero-order valence-corrected chi connectivity index (χ0v) is 12.3. The van der Waals surface area contributed by atoms with Crippen molar-refractivity contribution in [1.29, 1.82) is 0 Å². The van der Waals surface area contributed by atoms with Gasteiger partial charge in [-0.2, -0.15) is 5.10 Å². The van der Waals surface area contributed by atoms with E-state index in [1.54, 1.807) is 0 Å². The number of hydrogen-bond acceptors (Lipinski definition) is 3. The van der Waals surface area contributed by atoms with Gasteiger partial charge in [0.25, 0.3) is 0 Å². The van der Waals surface area contributed by atoms with E-state index in [2.05, 4.69) is 16.1 Å². The van der Waals surface area contributed by atoms with Gasteiger partial charge in [-0.1, -0.05) is 18.2 Å². The molecule has 1 atom stereocenters. The number of aromatic nitrogens is 2. The number of anilines is 1. The van der Waals surface area contributed by atoms with Crippen LogP contribution >= 0.6 is 0 Å². The van der Waals surface area contributed by atoms with Gasteiger partial charge in [0.2, 0.25) is 0 Å². The average Bonchev–Trinajstić information content (AvgIpc) is 2.77. The Kier molecular flexibility index (Phi) is 3.41. The lowest BCUT2D eigenvalue weighted by Crippen LogP contribution is -2.33. The molecule has 5 heteroatoms. The topological polar surface area (TPSA) is 58.4 Å². The molecule has 21 heavy (non-hydrogen) atoms. The molecule has 1 aliphatic heterocycles. The van der Waals surface area contributed by atoms with E-state index >= 15 is 0 Å². The average molecular weight is 285 g/mol. The molecule has 1 aliphatic rings. The summed E-state index contributed by atoms with van der Waals surface area (Å²) in [4.78, 5) is 13.6. The van der Waals surface area contributed by atoms with E-state index in [9.17, 15) is 9.90 Å². The van der Waals surface area contributed by atoms with E-state index in [-0.39, 0.29) is 0 Å². The zero-order valence-electron chi connectivity index (χ0n) is 12.3. The molecular weight excluding hydrogens is 266 g/mol. The fraction of sp³-hybridized carbons (Fsp3) is 0.375. The van der Waals surface area contributed by atoms with Gasteiger partial charge >= 0.3 is 5.97 Å². The summed E-state index contributed by atoms with van der Waals surface area (Å²) < 4.78 is 1.89. The van der Waals surface area contributed by atoms with Crippen molar-refractivity contribution in [3.63, 3.8) is 0 Å². The fourth-order valence-electron chi connectivity index (χ4n) is 3.06. The van der Waals surface area contributed by atoms with Gasteiger partial charge in [0, 0.05) is 19.3 Å². The molecular formula is C16H19N3O2. The summed E-state index contributed by atoms with van der Waals surface area (Å²) >= 11 is 0. The number of para-hydroxylation sites is 1. The smallest absolute Gasteiger partial charge is 0.311 e. The van der Waals surface area contributed by atoms with Gasteiger partial charge in [-0.25, -0.2) is 0 Å². The van der Waals surface area contributed by atoms with Crippen LogP contribution in [0.5, 0.6) is 0 Å². The number of hydrogen-bond donors (Lipinski definition) is 1. The van der Waals surface area contributed by atoms with Gasteiger partial charge in [-0.05, 0) is 31.0 Å². The Morgan fingerprint density at radius 3 is 2.86 bits per heavy atom. The number of carboxylic acids is 1. The Labute approximate surface area is 123 Å². The lowest BCUT2D eigenvalue weighted by Gasteiger charge is -2.34. The highest BCUT2D eigenvalue weighted by Crippen LogP contribution is 2.36. The van der Waals surface area contributed by atoms with Crippen LogP contribution in [0, 0.1) is 6.92 Å². The van der Waals surface area contributed by atoms with Gasteiger partial charge in [0.05, 0.1) is 23.9 Å². The summed E-state index contributed by atoms with van der Waals surface area (Å²) in [5.74, 6) is -1.13. The minimum absolute atomic E-state index is 0.397. The third-order valence-corrected chi connectivity index (χ3v) is 4.09. The third kappa shape index (κ3) is 2.51. The zero-order chi connectivity index (χ0) is 15.0. The second-order valence-corrected chi connectivity index (χ2v) is 5.56. The SMILES string of the molecule is Cc1cc(CN2CCC(C(=O)O)c3ccccc32)n(C)n1. The Balaban J connectivity index is 1.92. The maximum Gasteiger partial charge on any atom is 0.311 e. The molecule has 1 N–H and O–H groups in total. The molecule has 1 aromatic heterocycles. The highest BCUT2D eigenvalue weighted by Gasteiger charge is 2.29. The third-order valence-electron chi connectivity index (χ3n) is 4.09. The van der Waals surface area contributed by atoms with Crippen molar-refractivity contribution < 1.29 is 9.90 Å². The number of rotatable bonds is 3. The van der Waals surface area contributed by atoms with Gasteiger partial charge in [-0.3, -0.25) is 9.48 Å². The van der Waals surface area contributed by atoms with E-state index in [4.69, 9.17) is 0 Å². The number of carboxylic acid groups (broad SMARTS) is 1. The lowest BCUT2D eigenvalue weighted by atomic mass is 9.90. The molecule has 1 aromatic carbocycles. The van der Waals surface area contributed by atoms with Gasteiger partial charge in [0.15, 0.2) is 0 Å². The maximum atomic E-state index is 11.4. The van der Waals surface area contributed by atoms with Gasteiger partial charge in [-0.15, -0.1) is 0 Å². The highest BCUT2D eigenvalue weighted by molar-refractivity contribution is 5.80. The quantitative estimate of drug-likeness (QED) is 0.940. The predicted molar refractivity (Wildman–Crippen MR) is 80.4 cm³/mol. The molecule has 0 bridgehead atoms. The Bertz CT molecular complexity index is 678. The van der Waals surface area contributed by atoms with Crippen LogP contribution in [0.3, 0.4) is 0 Å². The number of benzene rings is 1. The van der Waals surface area contributed by atoms with E-state index < -0.39 is 11.9 Å². The predicted octanol–water partition coefficient (Wildman–Crippen LogP) is 2.31. The number of nitrogens with zero attached hydrogens (tertiary/aromatic N) is 3.